The Morgan fingerprint density at radius 2 is 1.89 bits per heavy atom. The molecule has 0 spiro atoms. The van der Waals surface area contributed by atoms with Crippen LogP contribution in [-0.4, -0.2) is 55.6 Å². The summed E-state index contributed by atoms with van der Waals surface area (Å²) in [5.41, 5.74) is 1.06. The molecule has 0 radical (unpaired) electrons. The largest absolute Gasteiger partial charge is 0.497 e. The number of amides is 1. The van der Waals surface area contributed by atoms with Gasteiger partial charge in [-0.25, -0.2) is 0 Å². The van der Waals surface area contributed by atoms with E-state index < -0.39 is 0 Å². The van der Waals surface area contributed by atoms with Crippen molar-refractivity contribution in [1.29, 1.82) is 0 Å². The molecular weight excluding hydrogens is 340 g/mol. The summed E-state index contributed by atoms with van der Waals surface area (Å²) < 4.78 is 11.0. The number of carbonyl (C=O) groups excluding carboxylic acids is 1. The first-order chi connectivity index (χ1) is 13.2. The third kappa shape index (κ3) is 4.57. The van der Waals surface area contributed by atoms with Crippen LogP contribution in [-0.2, 0) is 4.79 Å². The average Bonchev–Trinajstić information content (AvgIpc) is 3.21. The summed E-state index contributed by atoms with van der Waals surface area (Å²) in [6.07, 6.45) is 8.40. The van der Waals surface area contributed by atoms with E-state index in [2.05, 4.69) is 16.7 Å². The summed E-state index contributed by atoms with van der Waals surface area (Å²) in [5, 5.41) is 0. The van der Waals surface area contributed by atoms with Crippen LogP contribution >= 0.6 is 0 Å². The van der Waals surface area contributed by atoms with Gasteiger partial charge in [-0.2, -0.15) is 0 Å². The Labute approximate surface area is 163 Å². The van der Waals surface area contributed by atoms with Gasteiger partial charge in [-0.05, 0) is 50.4 Å². The Morgan fingerprint density at radius 3 is 2.56 bits per heavy atom. The highest BCUT2D eigenvalue weighted by atomic mass is 16.5. The smallest absolute Gasteiger partial charge is 0.237 e. The molecule has 0 bridgehead atoms. The maximum Gasteiger partial charge on any atom is 0.237 e. The van der Waals surface area contributed by atoms with Crippen molar-refractivity contribution in [2.24, 2.45) is 0 Å². The van der Waals surface area contributed by atoms with E-state index >= 15 is 0 Å². The number of rotatable bonds is 7. The fraction of sp³-hybridized carbons (Fsp3) is 0.682. The van der Waals surface area contributed by atoms with Crippen LogP contribution in [0.1, 0.15) is 63.5 Å². The number of nitrogens with zero attached hydrogens (tertiary/aromatic N) is 2. The fourth-order valence-electron chi connectivity index (χ4n) is 4.70. The zero-order valence-corrected chi connectivity index (χ0v) is 17.1. The number of hydrogen-bond acceptors (Lipinski definition) is 4. The van der Waals surface area contributed by atoms with Gasteiger partial charge in [-0.15, -0.1) is 0 Å². The highest BCUT2D eigenvalue weighted by Crippen LogP contribution is 2.39. The van der Waals surface area contributed by atoms with Gasteiger partial charge in [-0.1, -0.05) is 26.2 Å². The predicted octanol–water partition coefficient (Wildman–Crippen LogP) is 4.02. The molecular formula is C22H34N2O3. The zero-order valence-electron chi connectivity index (χ0n) is 17.1. The van der Waals surface area contributed by atoms with Crippen LogP contribution < -0.4 is 9.47 Å². The number of ether oxygens (including phenoxy) is 2. The Kier molecular flexibility index (Phi) is 7.00. The molecule has 1 heterocycles. The van der Waals surface area contributed by atoms with Crippen molar-refractivity contribution >= 4 is 5.91 Å². The molecule has 2 aliphatic rings. The van der Waals surface area contributed by atoms with Gasteiger partial charge in [-0.3, -0.25) is 9.69 Å². The standard InChI is InChI=1S/C22H34N2O3/c1-4-23(17-9-6-5-7-10-17)16-22(25)24-14-8-11-20(24)19-15-18(26-2)12-13-21(19)27-3/h12-13,15,17,20H,4-11,14,16H2,1-3H3. The Morgan fingerprint density at radius 1 is 1.11 bits per heavy atom. The van der Waals surface area contributed by atoms with E-state index in [1.165, 1.54) is 32.1 Å². The highest BCUT2D eigenvalue weighted by Gasteiger charge is 2.33. The second-order valence-corrected chi connectivity index (χ2v) is 7.71. The third-order valence-electron chi connectivity index (χ3n) is 6.20. The second kappa shape index (κ2) is 9.45. The van der Waals surface area contributed by atoms with E-state index in [9.17, 15) is 4.79 Å². The van der Waals surface area contributed by atoms with Crippen molar-refractivity contribution in [2.45, 2.75) is 64.0 Å². The highest BCUT2D eigenvalue weighted by molar-refractivity contribution is 5.79. The zero-order chi connectivity index (χ0) is 19.2. The molecule has 1 saturated heterocycles. The number of benzene rings is 1. The van der Waals surface area contributed by atoms with Crippen molar-refractivity contribution in [3.63, 3.8) is 0 Å². The molecule has 150 valence electrons. The first-order valence-electron chi connectivity index (χ1n) is 10.4. The number of carbonyl (C=O) groups is 1. The molecule has 1 saturated carbocycles. The minimum Gasteiger partial charge on any atom is -0.497 e. The van der Waals surface area contributed by atoms with E-state index in [1.807, 2.05) is 18.2 Å². The Balaban J connectivity index is 1.74. The van der Waals surface area contributed by atoms with Gasteiger partial charge in [0.25, 0.3) is 0 Å². The summed E-state index contributed by atoms with van der Waals surface area (Å²) >= 11 is 0. The lowest BCUT2D eigenvalue weighted by atomic mass is 9.94. The van der Waals surface area contributed by atoms with Crippen LogP contribution in [0.4, 0.5) is 0 Å². The average molecular weight is 375 g/mol. The lowest BCUT2D eigenvalue weighted by Crippen LogP contribution is -2.45. The van der Waals surface area contributed by atoms with Crippen molar-refractivity contribution in [2.75, 3.05) is 33.9 Å². The van der Waals surface area contributed by atoms with Crippen molar-refractivity contribution < 1.29 is 14.3 Å². The summed E-state index contributed by atoms with van der Waals surface area (Å²) in [5.74, 6) is 1.89. The van der Waals surface area contributed by atoms with Crippen LogP contribution in [0.3, 0.4) is 0 Å². The molecule has 1 aliphatic heterocycles. The topological polar surface area (TPSA) is 42.0 Å². The van der Waals surface area contributed by atoms with E-state index in [0.29, 0.717) is 12.6 Å². The molecule has 0 aromatic heterocycles. The monoisotopic (exact) mass is 374 g/mol. The van der Waals surface area contributed by atoms with Gasteiger partial charge >= 0.3 is 0 Å². The summed E-state index contributed by atoms with van der Waals surface area (Å²) in [6.45, 7) is 4.47. The van der Waals surface area contributed by atoms with E-state index in [0.717, 1.165) is 43.0 Å². The molecule has 3 rings (SSSR count). The molecule has 1 aromatic rings. The maximum absolute atomic E-state index is 13.2. The molecule has 1 aliphatic carbocycles. The molecule has 5 nitrogen and oxygen atoms in total. The molecule has 5 heteroatoms. The molecule has 27 heavy (non-hydrogen) atoms. The van der Waals surface area contributed by atoms with Gasteiger partial charge in [0.15, 0.2) is 0 Å². The lowest BCUT2D eigenvalue weighted by molar-refractivity contribution is -0.134. The van der Waals surface area contributed by atoms with Crippen LogP contribution in [0, 0.1) is 0 Å². The fourth-order valence-corrected chi connectivity index (χ4v) is 4.70. The summed E-state index contributed by atoms with van der Waals surface area (Å²) in [4.78, 5) is 17.7. The van der Waals surface area contributed by atoms with Gasteiger partial charge < -0.3 is 14.4 Å². The Bertz CT molecular complexity index is 628. The molecule has 1 amide bonds. The Hall–Kier alpha value is -1.75. The predicted molar refractivity (Wildman–Crippen MR) is 107 cm³/mol. The molecule has 1 atom stereocenters. The molecule has 0 N–H and O–H groups in total. The minimum atomic E-state index is 0.0765. The number of likely N-dealkylation sites (N-methyl/N-ethyl adjacent to an activating group) is 1. The van der Waals surface area contributed by atoms with Gasteiger partial charge in [0, 0.05) is 18.2 Å². The van der Waals surface area contributed by atoms with Gasteiger partial charge in [0.1, 0.15) is 11.5 Å². The van der Waals surface area contributed by atoms with Crippen LogP contribution in [0.2, 0.25) is 0 Å². The second-order valence-electron chi connectivity index (χ2n) is 7.71. The van der Waals surface area contributed by atoms with Crippen molar-refractivity contribution in [3.05, 3.63) is 23.8 Å². The minimum absolute atomic E-state index is 0.0765. The number of hydrogen-bond donors (Lipinski definition) is 0. The normalized spacial score (nSPS) is 20.9. The van der Waals surface area contributed by atoms with Crippen LogP contribution in [0.5, 0.6) is 11.5 Å². The molecule has 1 aromatic carbocycles. The van der Waals surface area contributed by atoms with Gasteiger partial charge in [0.2, 0.25) is 5.91 Å². The molecule has 1 unspecified atom stereocenters. The summed E-state index contributed by atoms with van der Waals surface area (Å²) in [6, 6.07) is 6.52. The first-order valence-corrected chi connectivity index (χ1v) is 10.4. The SMILES string of the molecule is CCN(CC(=O)N1CCCC1c1cc(OC)ccc1OC)C1CCCCC1. The summed E-state index contributed by atoms with van der Waals surface area (Å²) in [7, 11) is 3.36. The lowest BCUT2D eigenvalue weighted by Gasteiger charge is -2.35. The van der Waals surface area contributed by atoms with Crippen LogP contribution in [0.15, 0.2) is 18.2 Å². The molecule has 2 fully saturated rings. The van der Waals surface area contributed by atoms with Gasteiger partial charge in [0.05, 0.1) is 26.8 Å². The van der Waals surface area contributed by atoms with Crippen LogP contribution in [0.25, 0.3) is 0 Å². The van der Waals surface area contributed by atoms with Crippen molar-refractivity contribution in [1.82, 2.24) is 9.80 Å². The number of methoxy groups -OCH3 is 2. The third-order valence-corrected chi connectivity index (χ3v) is 6.20. The van der Waals surface area contributed by atoms with E-state index in [4.69, 9.17) is 9.47 Å². The van der Waals surface area contributed by atoms with E-state index in [-0.39, 0.29) is 11.9 Å². The first kappa shape index (κ1) is 20.0. The van der Waals surface area contributed by atoms with Crippen molar-refractivity contribution in [3.8, 4) is 11.5 Å². The maximum atomic E-state index is 13.2. The number of likely N-dealkylation sites (tertiary alicyclic amines) is 1. The quantitative estimate of drug-likeness (QED) is 0.723. The van der Waals surface area contributed by atoms with E-state index in [1.54, 1.807) is 14.2 Å².